The van der Waals surface area contributed by atoms with Gasteiger partial charge in [0, 0.05) is 11.1 Å². The fourth-order valence-electron chi connectivity index (χ4n) is 3.62. The largest absolute Gasteiger partial charge is 0.253 e. The van der Waals surface area contributed by atoms with E-state index in [1.54, 1.807) is 11.1 Å². The van der Waals surface area contributed by atoms with Crippen LogP contribution in [0.2, 0.25) is 0 Å². The van der Waals surface area contributed by atoms with Crippen molar-refractivity contribution in [1.29, 1.82) is 0 Å². The number of hydrogen-bond acceptors (Lipinski definition) is 1. The summed E-state index contributed by atoms with van der Waals surface area (Å²) in [7, 11) is 0. The van der Waals surface area contributed by atoms with Crippen LogP contribution in [-0.2, 0) is 0 Å². The third-order valence-corrected chi connectivity index (χ3v) is 4.36. The van der Waals surface area contributed by atoms with Crippen LogP contribution in [0, 0.1) is 6.92 Å². The van der Waals surface area contributed by atoms with Gasteiger partial charge in [0.15, 0.2) is 0 Å². The standard InChI is InChI=1S/C15H15N/c1-9-5-6-10-7-8-13-11-3-2-4-12(11)14(13)15(10)16-9/h5-8,11-12H,2-4H2,1H3. The molecule has 2 aliphatic rings. The number of aromatic nitrogens is 1. The third kappa shape index (κ3) is 0.940. The number of rotatable bonds is 0. The van der Waals surface area contributed by atoms with Crippen LogP contribution in [0.4, 0.5) is 0 Å². The normalized spacial score (nSPS) is 26.3. The molecule has 4 rings (SSSR count). The molecule has 80 valence electrons. The summed E-state index contributed by atoms with van der Waals surface area (Å²) < 4.78 is 0. The van der Waals surface area contributed by atoms with Crippen LogP contribution in [0.3, 0.4) is 0 Å². The second kappa shape index (κ2) is 2.85. The molecular weight excluding hydrogens is 194 g/mol. The van der Waals surface area contributed by atoms with Crippen LogP contribution < -0.4 is 0 Å². The topological polar surface area (TPSA) is 12.9 Å². The van der Waals surface area contributed by atoms with E-state index in [2.05, 4.69) is 31.2 Å². The lowest BCUT2D eigenvalue weighted by molar-refractivity contribution is 0.547. The zero-order chi connectivity index (χ0) is 10.7. The summed E-state index contributed by atoms with van der Waals surface area (Å²) >= 11 is 0. The second-order valence-corrected chi connectivity index (χ2v) is 5.24. The summed E-state index contributed by atoms with van der Waals surface area (Å²) in [6.45, 7) is 2.09. The van der Waals surface area contributed by atoms with Crippen LogP contribution in [0.1, 0.15) is 47.9 Å². The highest BCUT2D eigenvalue weighted by atomic mass is 14.7. The first-order chi connectivity index (χ1) is 7.84. The molecule has 0 amide bonds. The van der Waals surface area contributed by atoms with Gasteiger partial charge in [-0.2, -0.15) is 0 Å². The van der Waals surface area contributed by atoms with Gasteiger partial charge >= 0.3 is 0 Å². The van der Waals surface area contributed by atoms with Crippen molar-refractivity contribution in [3.8, 4) is 0 Å². The van der Waals surface area contributed by atoms with Gasteiger partial charge in [0.05, 0.1) is 5.52 Å². The van der Waals surface area contributed by atoms with E-state index in [0.717, 1.165) is 17.5 Å². The maximum Gasteiger partial charge on any atom is 0.0743 e. The number of benzene rings is 1. The fraction of sp³-hybridized carbons (Fsp3) is 0.400. The molecule has 0 radical (unpaired) electrons. The van der Waals surface area contributed by atoms with Gasteiger partial charge in [-0.25, -0.2) is 0 Å². The molecule has 0 aliphatic heterocycles. The van der Waals surface area contributed by atoms with Crippen molar-refractivity contribution in [1.82, 2.24) is 4.98 Å². The van der Waals surface area contributed by atoms with Crippen LogP contribution in [0.5, 0.6) is 0 Å². The molecule has 0 spiro atoms. The van der Waals surface area contributed by atoms with Gasteiger partial charge in [0.25, 0.3) is 0 Å². The Balaban J connectivity index is 2.05. The first-order valence-electron chi connectivity index (χ1n) is 6.25. The van der Waals surface area contributed by atoms with Crippen molar-refractivity contribution in [3.63, 3.8) is 0 Å². The third-order valence-electron chi connectivity index (χ3n) is 4.36. The Bertz CT molecular complexity index is 585. The smallest absolute Gasteiger partial charge is 0.0743 e. The quantitative estimate of drug-likeness (QED) is 0.641. The van der Waals surface area contributed by atoms with Gasteiger partial charge in [-0.1, -0.05) is 24.6 Å². The van der Waals surface area contributed by atoms with E-state index in [1.807, 2.05) is 0 Å². The minimum atomic E-state index is 0.827. The molecule has 1 aromatic heterocycles. The Morgan fingerprint density at radius 2 is 1.88 bits per heavy atom. The SMILES string of the molecule is Cc1ccc2ccc3c(c2n1)C1CCCC31. The molecular formula is C15H15N. The van der Waals surface area contributed by atoms with Crippen LogP contribution in [-0.4, -0.2) is 4.98 Å². The number of hydrogen-bond donors (Lipinski definition) is 0. The van der Waals surface area contributed by atoms with E-state index in [-0.39, 0.29) is 0 Å². The number of pyridine rings is 1. The molecule has 0 saturated heterocycles. The highest BCUT2D eigenvalue weighted by Gasteiger charge is 2.42. The van der Waals surface area contributed by atoms with E-state index in [1.165, 1.54) is 30.2 Å². The fourth-order valence-corrected chi connectivity index (χ4v) is 3.62. The Hall–Kier alpha value is -1.37. The molecule has 1 heteroatoms. The van der Waals surface area contributed by atoms with Gasteiger partial charge in [-0.3, -0.25) is 4.98 Å². The van der Waals surface area contributed by atoms with Gasteiger partial charge in [-0.15, -0.1) is 0 Å². The van der Waals surface area contributed by atoms with Crippen LogP contribution >= 0.6 is 0 Å². The summed E-state index contributed by atoms with van der Waals surface area (Å²) in [6, 6.07) is 8.90. The number of nitrogens with zero attached hydrogens (tertiary/aromatic N) is 1. The van der Waals surface area contributed by atoms with Gasteiger partial charge in [0.1, 0.15) is 0 Å². The van der Waals surface area contributed by atoms with Gasteiger partial charge < -0.3 is 0 Å². The lowest BCUT2D eigenvalue weighted by Gasteiger charge is -2.35. The van der Waals surface area contributed by atoms with E-state index in [0.29, 0.717) is 0 Å². The van der Waals surface area contributed by atoms with Gasteiger partial charge in [0.2, 0.25) is 0 Å². The minimum absolute atomic E-state index is 0.827. The molecule has 0 N–H and O–H groups in total. The van der Waals surface area contributed by atoms with Crippen LogP contribution in [0.15, 0.2) is 24.3 Å². The van der Waals surface area contributed by atoms with Gasteiger partial charge in [-0.05, 0) is 48.8 Å². The maximum atomic E-state index is 4.75. The summed E-state index contributed by atoms with van der Waals surface area (Å²) in [5.41, 5.74) is 5.58. The lowest BCUT2D eigenvalue weighted by Crippen LogP contribution is -2.20. The number of aryl methyl sites for hydroxylation is 1. The van der Waals surface area contributed by atoms with Crippen molar-refractivity contribution in [2.45, 2.75) is 38.0 Å². The zero-order valence-corrected chi connectivity index (χ0v) is 9.53. The number of fused-ring (bicyclic) bond motifs is 6. The molecule has 2 unspecified atom stereocenters. The highest BCUT2D eigenvalue weighted by molar-refractivity contribution is 5.86. The Morgan fingerprint density at radius 3 is 2.81 bits per heavy atom. The molecule has 1 nitrogen and oxygen atoms in total. The van der Waals surface area contributed by atoms with Crippen molar-refractivity contribution in [3.05, 3.63) is 41.1 Å². The van der Waals surface area contributed by atoms with Crippen molar-refractivity contribution in [2.75, 3.05) is 0 Å². The van der Waals surface area contributed by atoms with Crippen molar-refractivity contribution in [2.24, 2.45) is 0 Å². The molecule has 2 aromatic rings. The first kappa shape index (κ1) is 8.74. The minimum Gasteiger partial charge on any atom is -0.253 e. The second-order valence-electron chi connectivity index (χ2n) is 5.24. The Labute approximate surface area is 95.5 Å². The average Bonchev–Trinajstić information content (AvgIpc) is 2.67. The molecule has 16 heavy (non-hydrogen) atoms. The molecule has 2 atom stereocenters. The van der Waals surface area contributed by atoms with Crippen LogP contribution in [0.25, 0.3) is 10.9 Å². The lowest BCUT2D eigenvalue weighted by atomic mass is 9.69. The molecule has 1 heterocycles. The zero-order valence-electron chi connectivity index (χ0n) is 9.53. The van der Waals surface area contributed by atoms with Crippen molar-refractivity contribution >= 4 is 10.9 Å². The predicted molar refractivity (Wildman–Crippen MR) is 65.8 cm³/mol. The molecule has 1 saturated carbocycles. The first-order valence-corrected chi connectivity index (χ1v) is 6.25. The monoisotopic (exact) mass is 209 g/mol. The predicted octanol–water partition coefficient (Wildman–Crippen LogP) is 3.91. The molecule has 2 aliphatic carbocycles. The van der Waals surface area contributed by atoms with Crippen molar-refractivity contribution < 1.29 is 0 Å². The average molecular weight is 209 g/mol. The molecule has 1 fully saturated rings. The molecule has 1 aromatic carbocycles. The van der Waals surface area contributed by atoms with E-state index in [9.17, 15) is 0 Å². The summed E-state index contributed by atoms with van der Waals surface area (Å²) in [5.74, 6) is 1.69. The summed E-state index contributed by atoms with van der Waals surface area (Å²) in [4.78, 5) is 4.75. The maximum absolute atomic E-state index is 4.75. The summed E-state index contributed by atoms with van der Waals surface area (Å²) in [5, 5.41) is 1.31. The Kier molecular flexibility index (Phi) is 1.56. The highest BCUT2D eigenvalue weighted by Crippen LogP contribution is 2.57. The van der Waals surface area contributed by atoms with E-state index >= 15 is 0 Å². The molecule has 0 bridgehead atoms. The van der Waals surface area contributed by atoms with E-state index < -0.39 is 0 Å². The van der Waals surface area contributed by atoms with E-state index in [4.69, 9.17) is 4.98 Å². The summed E-state index contributed by atoms with van der Waals surface area (Å²) in [6.07, 6.45) is 4.18. The Morgan fingerprint density at radius 1 is 1.06 bits per heavy atom.